The fourth-order valence-corrected chi connectivity index (χ4v) is 2.10. The predicted octanol–water partition coefficient (Wildman–Crippen LogP) is 3.59. The molecular formula is C16H16F2O. The number of aryl methyl sites for hydroxylation is 1. The highest BCUT2D eigenvalue weighted by atomic mass is 19.2. The van der Waals surface area contributed by atoms with Gasteiger partial charge in [-0.1, -0.05) is 42.0 Å². The van der Waals surface area contributed by atoms with E-state index in [1.165, 1.54) is 6.07 Å². The summed E-state index contributed by atoms with van der Waals surface area (Å²) >= 11 is 0. The Hall–Kier alpha value is -1.74. The largest absolute Gasteiger partial charge is 0.396 e. The summed E-state index contributed by atoms with van der Waals surface area (Å²) in [5.41, 5.74) is 2.34. The van der Waals surface area contributed by atoms with Gasteiger partial charge in [-0.15, -0.1) is 0 Å². The van der Waals surface area contributed by atoms with Crippen molar-refractivity contribution in [2.75, 3.05) is 6.61 Å². The van der Waals surface area contributed by atoms with Crippen molar-refractivity contribution in [1.29, 1.82) is 0 Å². The van der Waals surface area contributed by atoms with Gasteiger partial charge in [0.15, 0.2) is 11.6 Å². The van der Waals surface area contributed by atoms with Crippen molar-refractivity contribution in [2.45, 2.75) is 19.3 Å². The van der Waals surface area contributed by atoms with E-state index >= 15 is 0 Å². The van der Waals surface area contributed by atoms with Crippen LogP contribution >= 0.6 is 0 Å². The molecule has 1 nitrogen and oxygen atoms in total. The first-order valence-electron chi connectivity index (χ1n) is 6.22. The second-order valence-electron chi connectivity index (χ2n) is 4.71. The Balaban J connectivity index is 2.24. The van der Waals surface area contributed by atoms with Crippen LogP contribution in [-0.2, 0) is 6.42 Å². The number of hydrogen-bond donors (Lipinski definition) is 1. The predicted molar refractivity (Wildman–Crippen MR) is 71.1 cm³/mol. The van der Waals surface area contributed by atoms with Crippen LogP contribution in [0.4, 0.5) is 8.78 Å². The smallest absolute Gasteiger partial charge is 0.162 e. The van der Waals surface area contributed by atoms with Gasteiger partial charge in [-0.2, -0.15) is 0 Å². The maximum Gasteiger partial charge on any atom is 0.162 e. The molecule has 3 heteroatoms. The summed E-state index contributed by atoms with van der Waals surface area (Å²) in [5, 5.41) is 9.45. The first-order chi connectivity index (χ1) is 9.11. The third-order valence-electron chi connectivity index (χ3n) is 3.27. The molecule has 0 saturated heterocycles. The van der Waals surface area contributed by atoms with Crippen LogP contribution in [0.2, 0.25) is 0 Å². The van der Waals surface area contributed by atoms with Crippen LogP contribution in [0.1, 0.15) is 22.6 Å². The summed E-state index contributed by atoms with van der Waals surface area (Å²) in [5.74, 6) is -1.90. The van der Waals surface area contributed by atoms with E-state index in [1.807, 2.05) is 31.2 Å². The third kappa shape index (κ3) is 3.18. The van der Waals surface area contributed by atoms with E-state index < -0.39 is 11.6 Å². The van der Waals surface area contributed by atoms with Crippen LogP contribution in [0.5, 0.6) is 0 Å². The standard InChI is InChI=1S/C16H16F2O/c1-11-5-7-12(8-6-11)14(10-19)9-13-3-2-4-15(17)16(13)18/h2-8,14,19H,9-10H2,1H3. The Morgan fingerprint density at radius 1 is 1.05 bits per heavy atom. The summed E-state index contributed by atoms with van der Waals surface area (Å²) in [6.45, 7) is 1.88. The van der Waals surface area contributed by atoms with Gasteiger partial charge in [-0.25, -0.2) is 8.78 Å². The Labute approximate surface area is 111 Å². The average molecular weight is 262 g/mol. The summed E-state index contributed by atoms with van der Waals surface area (Å²) < 4.78 is 26.8. The van der Waals surface area contributed by atoms with E-state index in [2.05, 4.69) is 0 Å². The second-order valence-corrected chi connectivity index (χ2v) is 4.71. The quantitative estimate of drug-likeness (QED) is 0.892. The molecule has 0 heterocycles. The van der Waals surface area contributed by atoms with Gasteiger partial charge in [0.2, 0.25) is 0 Å². The maximum absolute atomic E-state index is 13.6. The molecule has 0 bridgehead atoms. The SMILES string of the molecule is Cc1ccc(C(CO)Cc2cccc(F)c2F)cc1. The van der Waals surface area contributed by atoms with Crippen molar-refractivity contribution in [3.8, 4) is 0 Å². The van der Waals surface area contributed by atoms with Crippen molar-refractivity contribution in [3.05, 3.63) is 70.8 Å². The van der Waals surface area contributed by atoms with Crippen molar-refractivity contribution in [2.24, 2.45) is 0 Å². The molecule has 0 aliphatic rings. The molecule has 0 radical (unpaired) electrons. The molecule has 2 rings (SSSR count). The lowest BCUT2D eigenvalue weighted by Crippen LogP contribution is -2.09. The average Bonchev–Trinajstić information content (AvgIpc) is 2.42. The molecule has 0 saturated carbocycles. The molecule has 100 valence electrons. The number of halogens is 2. The molecule has 19 heavy (non-hydrogen) atoms. The molecule has 0 spiro atoms. The second kappa shape index (κ2) is 5.93. The lowest BCUT2D eigenvalue weighted by Gasteiger charge is -2.15. The number of aliphatic hydroxyl groups is 1. The van der Waals surface area contributed by atoms with Gasteiger partial charge < -0.3 is 5.11 Å². The van der Waals surface area contributed by atoms with E-state index in [0.717, 1.165) is 17.2 Å². The number of rotatable bonds is 4. The van der Waals surface area contributed by atoms with Gasteiger partial charge in [-0.3, -0.25) is 0 Å². The number of aliphatic hydroxyl groups excluding tert-OH is 1. The van der Waals surface area contributed by atoms with Crippen molar-refractivity contribution in [1.82, 2.24) is 0 Å². The zero-order valence-electron chi connectivity index (χ0n) is 10.7. The normalized spacial score (nSPS) is 12.4. The Morgan fingerprint density at radius 2 is 1.74 bits per heavy atom. The van der Waals surface area contributed by atoms with Gasteiger partial charge in [0.1, 0.15) is 0 Å². The van der Waals surface area contributed by atoms with E-state index in [4.69, 9.17) is 0 Å². The molecule has 0 fully saturated rings. The van der Waals surface area contributed by atoms with Crippen LogP contribution in [0.3, 0.4) is 0 Å². The maximum atomic E-state index is 13.6. The van der Waals surface area contributed by atoms with E-state index in [9.17, 15) is 13.9 Å². The topological polar surface area (TPSA) is 20.2 Å². The summed E-state index contributed by atoms with van der Waals surface area (Å²) in [7, 11) is 0. The monoisotopic (exact) mass is 262 g/mol. The molecule has 0 aliphatic carbocycles. The fourth-order valence-electron chi connectivity index (χ4n) is 2.10. The minimum absolute atomic E-state index is 0.0982. The number of benzene rings is 2. The fraction of sp³-hybridized carbons (Fsp3) is 0.250. The Kier molecular flexibility index (Phi) is 4.27. The molecule has 0 aliphatic heterocycles. The van der Waals surface area contributed by atoms with Gasteiger partial charge in [0.25, 0.3) is 0 Å². The Bertz CT molecular complexity index is 549. The van der Waals surface area contributed by atoms with Crippen molar-refractivity contribution in [3.63, 3.8) is 0 Å². The highest BCUT2D eigenvalue weighted by molar-refractivity contribution is 5.28. The van der Waals surface area contributed by atoms with Crippen LogP contribution in [0.15, 0.2) is 42.5 Å². The zero-order chi connectivity index (χ0) is 13.8. The molecule has 0 aromatic heterocycles. The van der Waals surface area contributed by atoms with Crippen LogP contribution in [0, 0.1) is 18.6 Å². The van der Waals surface area contributed by atoms with Crippen LogP contribution in [0.25, 0.3) is 0 Å². The van der Waals surface area contributed by atoms with E-state index in [1.54, 1.807) is 6.07 Å². The first-order valence-corrected chi connectivity index (χ1v) is 6.22. The minimum atomic E-state index is -0.849. The molecule has 0 amide bonds. The molecule has 2 aromatic rings. The molecule has 1 unspecified atom stereocenters. The lowest BCUT2D eigenvalue weighted by molar-refractivity contribution is 0.263. The first kappa shape index (κ1) is 13.7. The third-order valence-corrected chi connectivity index (χ3v) is 3.27. The van der Waals surface area contributed by atoms with E-state index in [-0.39, 0.29) is 18.9 Å². The molecular weight excluding hydrogens is 246 g/mol. The van der Waals surface area contributed by atoms with E-state index in [0.29, 0.717) is 5.56 Å². The lowest BCUT2D eigenvalue weighted by atomic mass is 9.92. The molecule has 2 aromatic carbocycles. The summed E-state index contributed by atoms with van der Waals surface area (Å²) in [6.07, 6.45) is 0.281. The summed E-state index contributed by atoms with van der Waals surface area (Å²) in [6, 6.07) is 11.8. The van der Waals surface area contributed by atoms with Crippen LogP contribution in [-0.4, -0.2) is 11.7 Å². The molecule has 1 N–H and O–H groups in total. The zero-order valence-corrected chi connectivity index (χ0v) is 10.7. The Morgan fingerprint density at radius 3 is 2.37 bits per heavy atom. The summed E-state index contributed by atoms with van der Waals surface area (Å²) in [4.78, 5) is 0. The van der Waals surface area contributed by atoms with Crippen molar-refractivity contribution >= 4 is 0 Å². The van der Waals surface area contributed by atoms with Gasteiger partial charge in [-0.05, 0) is 30.5 Å². The highest BCUT2D eigenvalue weighted by Gasteiger charge is 2.15. The van der Waals surface area contributed by atoms with Gasteiger partial charge >= 0.3 is 0 Å². The van der Waals surface area contributed by atoms with Gasteiger partial charge in [0, 0.05) is 5.92 Å². The van der Waals surface area contributed by atoms with Crippen molar-refractivity contribution < 1.29 is 13.9 Å². The highest BCUT2D eigenvalue weighted by Crippen LogP contribution is 2.23. The minimum Gasteiger partial charge on any atom is -0.396 e. The van der Waals surface area contributed by atoms with Gasteiger partial charge in [0.05, 0.1) is 6.61 Å². The number of hydrogen-bond acceptors (Lipinski definition) is 1. The molecule has 1 atom stereocenters. The van der Waals surface area contributed by atoms with Crippen LogP contribution < -0.4 is 0 Å².